The van der Waals surface area contributed by atoms with Crippen LogP contribution in [0.2, 0.25) is 0 Å². The molecule has 0 aliphatic heterocycles. The van der Waals surface area contributed by atoms with Gasteiger partial charge in [-0.1, -0.05) is 0 Å². The van der Waals surface area contributed by atoms with Crippen LogP contribution in [0.15, 0.2) is 32.4 Å². The number of hydrogen-bond donors (Lipinski definition) is 0. The van der Waals surface area contributed by atoms with Gasteiger partial charge < -0.3 is 9.32 Å². The third-order valence-electron chi connectivity index (χ3n) is 3.41. The average Bonchev–Trinajstić information content (AvgIpc) is 2.44. The lowest BCUT2D eigenvalue weighted by atomic mass is 10.1. The number of nitrogens with zero attached hydrogens (tertiary/aromatic N) is 2. The van der Waals surface area contributed by atoms with E-state index in [1.807, 2.05) is 25.1 Å². The summed E-state index contributed by atoms with van der Waals surface area (Å²) in [4.78, 5) is 17.9. The van der Waals surface area contributed by atoms with Gasteiger partial charge in [0.2, 0.25) is 0 Å². The summed E-state index contributed by atoms with van der Waals surface area (Å²) in [5, 5.41) is 3.08. The van der Waals surface area contributed by atoms with Crippen LogP contribution in [0.1, 0.15) is 19.4 Å². The largest absolute Gasteiger partial charge is 0.421 e. The van der Waals surface area contributed by atoms with Gasteiger partial charge in [-0.05, 0) is 50.7 Å². The van der Waals surface area contributed by atoms with E-state index in [2.05, 4.69) is 41.1 Å². The Balaban J connectivity index is 2.69. The summed E-state index contributed by atoms with van der Waals surface area (Å²) in [6.07, 6.45) is 0. The molecule has 0 amide bonds. The molecule has 0 fully saturated rings. The SMILES string of the molecule is CCN(CC)c1ccc2c(C)c(N=C=S)c(=O)oc2c1. The molecule has 0 unspecified atom stereocenters. The molecule has 0 radical (unpaired) electrons. The quantitative estimate of drug-likeness (QED) is 0.489. The van der Waals surface area contributed by atoms with Gasteiger partial charge in [-0.25, -0.2) is 4.79 Å². The molecule has 0 bridgehead atoms. The van der Waals surface area contributed by atoms with E-state index in [1.54, 1.807) is 0 Å². The van der Waals surface area contributed by atoms with Crippen LogP contribution < -0.4 is 10.5 Å². The van der Waals surface area contributed by atoms with Crippen molar-refractivity contribution in [1.82, 2.24) is 0 Å². The predicted octanol–water partition coefficient (Wildman–Crippen LogP) is 3.68. The molecule has 104 valence electrons. The summed E-state index contributed by atoms with van der Waals surface area (Å²) in [6.45, 7) is 7.82. The first-order valence-corrected chi connectivity index (χ1v) is 6.93. The first-order valence-electron chi connectivity index (χ1n) is 6.52. The second-order valence-electron chi connectivity index (χ2n) is 4.42. The van der Waals surface area contributed by atoms with Gasteiger partial charge in [0.25, 0.3) is 0 Å². The molecule has 4 nitrogen and oxygen atoms in total. The maximum Gasteiger partial charge on any atom is 0.363 e. The molecular formula is C15H16N2O2S. The van der Waals surface area contributed by atoms with Crippen molar-refractivity contribution in [3.8, 4) is 0 Å². The van der Waals surface area contributed by atoms with Crippen molar-refractivity contribution in [3.63, 3.8) is 0 Å². The Labute approximate surface area is 122 Å². The molecule has 1 heterocycles. The fourth-order valence-corrected chi connectivity index (χ4v) is 2.39. The Morgan fingerprint density at radius 3 is 2.65 bits per heavy atom. The van der Waals surface area contributed by atoms with E-state index in [-0.39, 0.29) is 5.69 Å². The van der Waals surface area contributed by atoms with Gasteiger partial charge in [-0.15, -0.1) is 0 Å². The van der Waals surface area contributed by atoms with Gasteiger partial charge in [0.05, 0.1) is 5.16 Å². The molecule has 0 atom stereocenters. The van der Waals surface area contributed by atoms with Gasteiger partial charge >= 0.3 is 5.63 Å². The minimum absolute atomic E-state index is 0.225. The van der Waals surface area contributed by atoms with Crippen LogP contribution in [-0.4, -0.2) is 18.3 Å². The highest BCUT2D eigenvalue weighted by Gasteiger charge is 2.12. The molecular weight excluding hydrogens is 272 g/mol. The lowest BCUT2D eigenvalue weighted by molar-refractivity contribution is 0.561. The summed E-state index contributed by atoms with van der Waals surface area (Å²) >= 11 is 4.56. The van der Waals surface area contributed by atoms with Crippen molar-refractivity contribution < 1.29 is 4.42 Å². The second-order valence-corrected chi connectivity index (χ2v) is 4.60. The fraction of sp³-hybridized carbons (Fsp3) is 0.333. The number of aryl methyl sites for hydroxylation is 1. The van der Waals surface area contributed by atoms with Crippen LogP contribution in [-0.2, 0) is 0 Å². The second kappa shape index (κ2) is 5.99. The zero-order valence-electron chi connectivity index (χ0n) is 11.8. The van der Waals surface area contributed by atoms with Crippen molar-refractivity contribution in [2.75, 3.05) is 18.0 Å². The van der Waals surface area contributed by atoms with Crippen molar-refractivity contribution in [2.24, 2.45) is 4.99 Å². The van der Waals surface area contributed by atoms with E-state index in [0.717, 1.165) is 29.7 Å². The minimum Gasteiger partial charge on any atom is -0.421 e. The number of rotatable bonds is 4. The van der Waals surface area contributed by atoms with Crippen molar-refractivity contribution in [1.29, 1.82) is 0 Å². The molecule has 0 N–H and O–H groups in total. The van der Waals surface area contributed by atoms with E-state index in [9.17, 15) is 4.79 Å². The number of isothiocyanates is 1. The molecule has 20 heavy (non-hydrogen) atoms. The number of fused-ring (bicyclic) bond motifs is 1. The Morgan fingerprint density at radius 1 is 1.35 bits per heavy atom. The zero-order chi connectivity index (χ0) is 14.7. The van der Waals surface area contributed by atoms with Crippen LogP contribution in [0.25, 0.3) is 11.0 Å². The van der Waals surface area contributed by atoms with E-state index in [4.69, 9.17) is 4.42 Å². The molecule has 1 aromatic heterocycles. The molecule has 1 aromatic carbocycles. The number of thiocarbonyl (C=S) groups is 1. The number of hydrogen-bond acceptors (Lipinski definition) is 5. The number of aliphatic imine (C=N–C) groups is 1. The van der Waals surface area contributed by atoms with Gasteiger partial charge in [0.1, 0.15) is 5.58 Å². The lowest BCUT2D eigenvalue weighted by Gasteiger charge is -2.21. The number of anilines is 1. The summed E-state index contributed by atoms with van der Waals surface area (Å²) in [6, 6.07) is 5.86. The van der Waals surface area contributed by atoms with Gasteiger partial charge in [-0.3, -0.25) is 0 Å². The van der Waals surface area contributed by atoms with Gasteiger partial charge in [0, 0.05) is 30.2 Å². The molecule has 0 aliphatic carbocycles. The van der Waals surface area contributed by atoms with E-state index < -0.39 is 5.63 Å². The Morgan fingerprint density at radius 2 is 2.05 bits per heavy atom. The Kier molecular flexibility index (Phi) is 4.32. The van der Waals surface area contributed by atoms with Crippen molar-refractivity contribution in [2.45, 2.75) is 20.8 Å². The highest BCUT2D eigenvalue weighted by Crippen LogP contribution is 2.27. The maximum absolute atomic E-state index is 11.9. The van der Waals surface area contributed by atoms with Crippen LogP contribution in [0.5, 0.6) is 0 Å². The molecule has 2 aromatic rings. The molecule has 0 saturated carbocycles. The fourth-order valence-electron chi connectivity index (χ4n) is 2.29. The normalized spacial score (nSPS) is 10.3. The average molecular weight is 288 g/mol. The minimum atomic E-state index is -0.482. The van der Waals surface area contributed by atoms with E-state index in [1.165, 1.54) is 0 Å². The predicted molar refractivity (Wildman–Crippen MR) is 85.5 cm³/mol. The van der Waals surface area contributed by atoms with Crippen LogP contribution >= 0.6 is 12.2 Å². The molecule has 5 heteroatoms. The summed E-state index contributed by atoms with van der Waals surface area (Å²) in [5.74, 6) is 0. The third kappa shape index (κ3) is 2.50. The summed E-state index contributed by atoms with van der Waals surface area (Å²) in [7, 11) is 0. The number of benzene rings is 1. The van der Waals surface area contributed by atoms with Crippen molar-refractivity contribution in [3.05, 3.63) is 34.2 Å². The first-order chi connectivity index (χ1) is 9.62. The first kappa shape index (κ1) is 14.4. The van der Waals surface area contributed by atoms with Crippen LogP contribution in [0.4, 0.5) is 11.4 Å². The van der Waals surface area contributed by atoms with Crippen LogP contribution in [0.3, 0.4) is 0 Å². The highest BCUT2D eigenvalue weighted by molar-refractivity contribution is 7.78. The van der Waals surface area contributed by atoms with E-state index in [0.29, 0.717) is 5.58 Å². The summed E-state index contributed by atoms with van der Waals surface area (Å²) < 4.78 is 5.34. The zero-order valence-corrected chi connectivity index (χ0v) is 12.6. The maximum atomic E-state index is 11.9. The summed E-state index contributed by atoms with van der Waals surface area (Å²) in [5.41, 5.74) is 2.11. The molecule has 0 aliphatic rings. The molecule has 0 saturated heterocycles. The van der Waals surface area contributed by atoms with Gasteiger partial charge in [0.15, 0.2) is 5.69 Å². The standard InChI is InChI=1S/C15H16N2O2S/c1-4-17(5-2)11-6-7-12-10(3)14(16-9-20)15(18)19-13(12)8-11/h6-8H,4-5H2,1-3H3. The lowest BCUT2D eigenvalue weighted by Crippen LogP contribution is -2.21. The molecule has 2 rings (SSSR count). The van der Waals surface area contributed by atoms with Crippen LogP contribution in [0, 0.1) is 6.92 Å². The van der Waals surface area contributed by atoms with E-state index >= 15 is 0 Å². The Bertz CT molecular complexity index is 741. The smallest absolute Gasteiger partial charge is 0.363 e. The van der Waals surface area contributed by atoms with Crippen molar-refractivity contribution >= 4 is 39.7 Å². The highest BCUT2D eigenvalue weighted by atomic mass is 32.1. The topological polar surface area (TPSA) is 45.8 Å². The van der Waals surface area contributed by atoms with Gasteiger partial charge in [-0.2, -0.15) is 4.99 Å². The molecule has 0 spiro atoms. The Hall–Kier alpha value is -1.97. The monoisotopic (exact) mass is 288 g/mol. The third-order valence-corrected chi connectivity index (χ3v) is 3.50.